The molecule has 106 valence electrons. The van der Waals surface area contributed by atoms with E-state index in [1.54, 1.807) is 0 Å². The molecular formula is C15H23NO3. The van der Waals surface area contributed by atoms with Crippen molar-refractivity contribution in [2.75, 3.05) is 20.8 Å². The monoisotopic (exact) mass is 265 g/mol. The van der Waals surface area contributed by atoms with Crippen LogP contribution in [-0.4, -0.2) is 26.7 Å². The predicted molar refractivity (Wildman–Crippen MR) is 75.4 cm³/mol. The average Bonchev–Trinajstić information content (AvgIpc) is 2.43. The molecule has 0 spiro atoms. The van der Waals surface area contributed by atoms with Crippen LogP contribution < -0.4 is 10.1 Å². The van der Waals surface area contributed by atoms with E-state index in [9.17, 15) is 4.79 Å². The maximum atomic E-state index is 11.0. The van der Waals surface area contributed by atoms with Gasteiger partial charge in [0.25, 0.3) is 0 Å². The van der Waals surface area contributed by atoms with Gasteiger partial charge in [0.1, 0.15) is 5.75 Å². The molecule has 0 heterocycles. The van der Waals surface area contributed by atoms with Gasteiger partial charge in [-0.3, -0.25) is 4.79 Å². The largest absolute Gasteiger partial charge is 0.493 e. The second-order valence-electron chi connectivity index (χ2n) is 4.58. The van der Waals surface area contributed by atoms with E-state index in [0.29, 0.717) is 19.4 Å². The van der Waals surface area contributed by atoms with Crippen LogP contribution >= 0.6 is 0 Å². The molecule has 0 saturated heterocycles. The standard InChI is InChI=1S/C15H23NO3/c1-11-7-8-14(13(10-11)12(2)16-3)19-9-5-6-15(17)18-4/h7-8,10,12,16H,5-6,9H2,1-4H3. The normalized spacial score (nSPS) is 12.0. The van der Waals surface area contributed by atoms with Crippen LogP contribution in [0.4, 0.5) is 0 Å². The van der Waals surface area contributed by atoms with Gasteiger partial charge in [-0.05, 0) is 33.4 Å². The third-order valence-corrected chi connectivity index (χ3v) is 3.08. The second kappa shape index (κ2) is 7.79. The van der Waals surface area contributed by atoms with Gasteiger partial charge in [-0.15, -0.1) is 0 Å². The lowest BCUT2D eigenvalue weighted by Crippen LogP contribution is -2.14. The first-order chi connectivity index (χ1) is 9.08. The first kappa shape index (κ1) is 15.5. The Morgan fingerprint density at radius 1 is 1.42 bits per heavy atom. The summed E-state index contributed by atoms with van der Waals surface area (Å²) in [5.41, 5.74) is 2.35. The zero-order valence-corrected chi connectivity index (χ0v) is 12.2. The quantitative estimate of drug-likeness (QED) is 0.608. The van der Waals surface area contributed by atoms with Gasteiger partial charge < -0.3 is 14.8 Å². The van der Waals surface area contributed by atoms with Gasteiger partial charge in [-0.25, -0.2) is 0 Å². The molecule has 0 fully saturated rings. The Kier molecular flexibility index (Phi) is 6.36. The Hall–Kier alpha value is -1.55. The van der Waals surface area contributed by atoms with E-state index in [0.717, 1.165) is 11.3 Å². The summed E-state index contributed by atoms with van der Waals surface area (Å²) in [6.07, 6.45) is 1.05. The number of aryl methyl sites for hydroxylation is 1. The number of ether oxygens (including phenoxy) is 2. The van der Waals surface area contributed by atoms with E-state index in [4.69, 9.17) is 4.74 Å². The number of esters is 1. The molecule has 1 rings (SSSR count). The zero-order chi connectivity index (χ0) is 14.3. The van der Waals surface area contributed by atoms with Gasteiger partial charge in [-0.1, -0.05) is 17.7 Å². The van der Waals surface area contributed by atoms with Gasteiger partial charge in [0.15, 0.2) is 0 Å². The molecule has 0 aliphatic carbocycles. The number of hydrogen-bond acceptors (Lipinski definition) is 4. The molecular weight excluding hydrogens is 242 g/mol. The number of rotatable bonds is 7. The molecule has 1 atom stereocenters. The van der Waals surface area contributed by atoms with E-state index in [-0.39, 0.29) is 12.0 Å². The van der Waals surface area contributed by atoms with Crippen molar-refractivity contribution in [2.45, 2.75) is 32.7 Å². The highest BCUT2D eigenvalue weighted by molar-refractivity contribution is 5.69. The lowest BCUT2D eigenvalue weighted by Gasteiger charge is -2.17. The predicted octanol–water partition coefficient (Wildman–Crippen LogP) is 2.61. The molecule has 1 aromatic carbocycles. The van der Waals surface area contributed by atoms with Crippen molar-refractivity contribution in [3.8, 4) is 5.75 Å². The van der Waals surface area contributed by atoms with Crippen molar-refractivity contribution in [3.05, 3.63) is 29.3 Å². The molecule has 4 nitrogen and oxygen atoms in total. The third-order valence-electron chi connectivity index (χ3n) is 3.08. The SMILES string of the molecule is CNC(C)c1cc(C)ccc1OCCCC(=O)OC. The fraction of sp³-hybridized carbons (Fsp3) is 0.533. The average molecular weight is 265 g/mol. The second-order valence-corrected chi connectivity index (χ2v) is 4.58. The molecule has 1 aromatic rings. The highest BCUT2D eigenvalue weighted by Gasteiger charge is 2.10. The molecule has 19 heavy (non-hydrogen) atoms. The molecule has 0 amide bonds. The minimum Gasteiger partial charge on any atom is -0.493 e. The van der Waals surface area contributed by atoms with E-state index in [1.807, 2.05) is 19.2 Å². The van der Waals surface area contributed by atoms with Gasteiger partial charge >= 0.3 is 5.97 Å². The van der Waals surface area contributed by atoms with E-state index >= 15 is 0 Å². The Bertz CT molecular complexity index is 418. The van der Waals surface area contributed by atoms with E-state index < -0.39 is 0 Å². The highest BCUT2D eigenvalue weighted by Crippen LogP contribution is 2.26. The van der Waals surface area contributed by atoms with Crippen LogP contribution in [-0.2, 0) is 9.53 Å². The fourth-order valence-electron chi connectivity index (χ4n) is 1.79. The van der Waals surface area contributed by atoms with Crippen LogP contribution in [0.15, 0.2) is 18.2 Å². The van der Waals surface area contributed by atoms with Crippen molar-refractivity contribution < 1.29 is 14.3 Å². The number of methoxy groups -OCH3 is 1. The first-order valence-corrected chi connectivity index (χ1v) is 6.56. The maximum absolute atomic E-state index is 11.0. The molecule has 1 N–H and O–H groups in total. The number of benzene rings is 1. The summed E-state index contributed by atoms with van der Waals surface area (Å²) >= 11 is 0. The maximum Gasteiger partial charge on any atom is 0.305 e. The Balaban J connectivity index is 2.60. The number of carbonyl (C=O) groups is 1. The molecule has 0 aliphatic rings. The van der Waals surface area contributed by atoms with Gasteiger partial charge in [0.05, 0.1) is 13.7 Å². The number of hydrogen-bond donors (Lipinski definition) is 1. The lowest BCUT2D eigenvalue weighted by molar-refractivity contribution is -0.140. The summed E-state index contributed by atoms with van der Waals surface area (Å²) in [6.45, 7) is 4.67. The first-order valence-electron chi connectivity index (χ1n) is 6.56. The number of carbonyl (C=O) groups excluding carboxylic acids is 1. The van der Waals surface area contributed by atoms with Crippen LogP contribution in [0.3, 0.4) is 0 Å². The lowest BCUT2D eigenvalue weighted by atomic mass is 10.0. The van der Waals surface area contributed by atoms with Gasteiger partial charge in [0, 0.05) is 18.0 Å². The Labute approximate surface area is 115 Å². The summed E-state index contributed by atoms with van der Waals surface area (Å²) in [5, 5.41) is 3.21. The van der Waals surface area contributed by atoms with Crippen LogP contribution in [0.25, 0.3) is 0 Å². The van der Waals surface area contributed by atoms with Crippen LogP contribution in [0, 0.1) is 6.92 Å². The number of nitrogens with one attached hydrogen (secondary N) is 1. The Morgan fingerprint density at radius 2 is 2.16 bits per heavy atom. The van der Waals surface area contributed by atoms with Crippen LogP contribution in [0.2, 0.25) is 0 Å². The van der Waals surface area contributed by atoms with Gasteiger partial charge in [-0.2, -0.15) is 0 Å². The summed E-state index contributed by atoms with van der Waals surface area (Å²) in [6, 6.07) is 6.37. The molecule has 4 heteroatoms. The highest BCUT2D eigenvalue weighted by atomic mass is 16.5. The smallest absolute Gasteiger partial charge is 0.305 e. The Morgan fingerprint density at radius 3 is 2.79 bits per heavy atom. The molecule has 1 unspecified atom stereocenters. The van der Waals surface area contributed by atoms with E-state index in [2.05, 4.69) is 30.0 Å². The van der Waals surface area contributed by atoms with Crippen LogP contribution in [0.5, 0.6) is 5.75 Å². The summed E-state index contributed by atoms with van der Waals surface area (Å²) < 4.78 is 10.4. The minimum atomic E-state index is -0.198. The summed E-state index contributed by atoms with van der Waals surface area (Å²) in [4.78, 5) is 11.0. The van der Waals surface area contributed by atoms with E-state index in [1.165, 1.54) is 12.7 Å². The van der Waals surface area contributed by atoms with Crippen molar-refractivity contribution >= 4 is 5.97 Å². The molecule has 0 bridgehead atoms. The molecule has 0 aliphatic heterocycles. The molecule has 0 saturated carbocycles. The molecule has 0 aromatic heterocycles. The van der Waals surface area contributed by atoms with Crippen molar-refractivity contribution in [3.63, 3.8) is 0 Å². The van der Waals surface area contributed by atoms with Gasteiger partial charge in [0.2, 0.25) is 0 Å². The van der Waals surface area contributed by atoms with Crippen LogP contribution in [0.1, 0.15) is 36.9 Å². The topological polar surface area (TPSA) is 47.6 Å². The van der Waals surface area contributed by atoms with Crippen molar-refractivity contribution in [2.24, 2.45) is 0 Å². The fourth-order valence-corrected chi connectivity index (χ4v) is 1.79. The minimum absolute atomic E-state index is 0.198. The van der Waals surface area contributed by atoms with Crippen molar-refractivity contribution in [1.82, 2.24) is 5.32 Å². The summed E-state index contributed by atoms with van der Waals surface area (Å²) in [5.74, 6) is 0.675. The molecule has 0 radical (unpaired) electrons. The summed E-state index contributed by atoms with van der Waals surface area (Å²) in [7, 11) is 3.32. The van der Waals surface area contributed by atoms with Crippen molar-refractivity contribution in [1.29, 1.82) is 0 Å². The zero-order valence-electron chi connectivity index (χ0n) is 12.2. The third kappa shape index (κ3) is 4.91.